The van der Waals surface area contributed by atoms with E-state index < -0.39 is 0 Å². The molecule has 2 rings (SSSR count). The molecule has 0 amide bonds. The van der Waals surface area contributed by atoms with Crippen molar-refractivity contribution >= 4 is 5.78 Å². The molecule has 3 nitrogen and oxygen atoms in total. The van der Waals surface area contributed by atoms with Crippen LogP contribution in [0.15, 0.2) is 47.3 Å². The number of carbonyl (C=O) groups is 1. The average Bonchev–Trinajstić information content (AvgIpc) is 2.36. The first kappa shape index (κ1) is 11.3. The number of ketones is 1. The highest BCUT2D eigenvalue weighted by Gasteiger charge is 2.13. The third-order valence-electron chi connectivity index (χ3n) is 2.84. The van der Waals surface area contributed by atoms with Crippen LogP contribution in [0.5, 0.6) is 0 Å². The molecule has 0 spiro atoms. The summed E-state index contributed by atoms with van der Waals surface area (Å²) in [5.74, 6) is -0.230. The Morgan fingerprint density at radius 2 is 1.71 bits per heavy atom. The molecule has 0 saturated carbocycles. The molecule has 86 valence electrons. The van der Waals surface area contributed by atoms with Crippen LogP contribution >= 0.6 is 0 Å². The largest absolute Gasteiger partial charge is 0.315 e. The standard InChI is InChI=1S/C14H13NO2/c1-10-8-9-12(14(17)15(10)2)13(16)11-6-4-3-5-7-11/h3-9H,1-2H3. The van der Waals surface area contributed by atoms with Crippen LogP contribution in [0.1, 0.15) is 21.6 Å². The summed E-state index contributed by atoms with van der Waals surface area (Å²) in [4.78, 5) is 24.1. The predicted molar refractivity (Wildman–Crippen MR) is 66.3 cm³/mol. The fourth-order valence-corrected chi connectivity index (χ4v) is 1.65. The van der Waals surface area contributed by atoms with Crippen LogP contribution in [0, 0.1) is 6.92 Å². The molecule has 1 heterocycles. The van der Waals surface area contributed by atoms with E-state index in [1.807, 2.05) is 13.0 Å². The summed E-state index contributed by atoms with van der Waals surface area (Å²) in [6.45, 7) is 1.83. The van der Waals surface area contributed by atoms with Gasteiger partial charge in [-0.2, -0.15) is 0 Å². The molecule has 0 bridgehead atoms. The normalized spacial score (nSPS) is 10.2. The van der Waals surface area contributed by atoms with E-state index in [0.29, 0.717) is 5.56 Å². The van der Waals surface area contributed by atoms with E-state index in [2.05, 4.69) is 0 Å². The van der Waals surface area contributed by atoms with Gasteiger partial charge in [0.1, 0.15) is 0 Å². The highest BCUT2D eigenvalue weighted by atomic mass is 16.1. The minimum absolute atomic E-state index is 0.212. The van der Waals surface area contributed by atoms with Crippen LogP contribution in [-0.4, -0.2) is 10.4 Å². The van der Waals surface area contributed by atoms with Crippen molar-refractivity contribution < 1.29 is 4.79 Å². The maximum absolute atomic E-state index is 12.1. The van der Waals surface area contributed by atoms with E-state index in [4.69, 9.17) is 0 Å². The van der Waals surface area contributed by atoms with Crippen LogP contribution in [0.3, 0.4) is 0 Å². The lowest BCUT2D eigenvalue weighted by Gasteiger charge is -2.06. The van der Waals surface area contributed by atoms with Crippen molar-refractivity contribution in [1.29, 1.82) is 0 Å². The quantitative estimate of drug-likeness (QED) is 0.735. The summed E-state index contributed by atoms with van der Waals surface area (Å²) in [5, 5.41) is 0. The Balaban J connectivity index is 2.53. The highest BCUT2D eigenvalue weighted by Crippen LogP contribution is 2.06. The van der Waals surface area contributed by atoms with E-state index in [-0.39, 0.29) is 16.9 Å². The minimum Gasteiger partial charge on any atom is -0.315 e. The van der Waals surface area contributed by atoms with Crippen molar-refractivity contribution in [2.45, 2.75) is 6.92 Å². The Kier molecular flexibility index (Phi) is 2.91. The van der Waals surface area contributed by atoms with Gasteiger partial charge in [0.05, 0.1) is 5.56 Å². The van der Waals surface area contributed by atoms with Gasteiger partial charge in [-0.3, -0.25) is 9.59 Å². The van der Waals surface area contributed by atoms with Gasteiger partial charge in [-0.15, -0.1) is 0 Å². The molecule has 2 aromatic rings. The molecule has 0 aliphatic carbocycles. The molecule has 0 fully saturated rings. The first-order valence-electron chi connectivity index (χ1n) is 5.37. The van der Waals surface area contributed by atoms with Crippen molar-refractivity contribution in [2.75, 3.05) is 0 Å². The van der Waals surface area contributed by atoms with Gasteiger partial charge in [0.2, 0.25) is 0 Å². The Morgan fingerprint density at radius 1 is 1.06 bits per heavy atom. The summed E-state index contributed by atoms with van der Waals surface area (Å²) >= 11 is 0. The second-order valence-electron chi connectivity index (χ2n) is 3.95. The van der Waals surface area contributed by atoms with Crippen molar-refractivity contribution in [3.8, 4) is 0 Å². The minimum atomic E-state index is -0.251. The Labute approximate surface area is 99.3 Å². The van der Waals surface area contributed by atoms with E-state index in [1.165, 1.54) is 4.57 Å². The molecular weight excluding hydrogens is 214 g/mol. The Bertz CT molecular complexity index is 612. The van der Waals surface area contributed by atoms with Gasteiger partial charge in [0.25, 0.3) is 5.56 Å². The van der Waals surface area contributed by atoms with E-state index in [9.17, 15) is 9.59 Å². The maximum Gasteiger partial charge on any atom is 0.261 e. The van der Waals surface area contributed by atoms with Crippen LogP contribution in [-0.2, 0) is 7.05 Å². The molecule has 0 radical (unpaired) electrons. The average molecular weight is 227 g/mol. The molecule has 0 saturated heterocycles. The second kappa shape index (κ2) is 4.37. The summed E-state index contributed by atoms with van der Waals surface area (Å²) < 4.78 is 1.48. The molecule has 0 atom stereocenters. The number of rotatable bonds is 2. The van der Waals surface area contributed by atoms with Gasteiger partial charge >= 0.3 is 0 Å². The fourth-order valence-electron chi connectivity index (χ4n) is 1.65. The zero-order valence-corrected chi connectivity index (χ0v) is 9.81. The van der Waals surface area contributed by atoms with Gasteiger partial charge in [-0.25, -0.2) is 0 Å². The lowest BCUT2D eigenvalue weighted by molar-refractivity contribution is 0.103. The molecule has 1 aromatic carbocycles. The lowest BCUT2D eigenvalue weighted by Crippen LogP contribution is -2.25. The summed E-state index contributed by atoms with van der Waals surface area (Å²) in [6, 6.07) is 12.2. The number of carbonyl (C=O) groups excluding carboxylic acids is 1. The zero-order chi connectivity index (χ0) is 12.4. The monoisotopic (exact) mass is 227 g/mol. The van der Waals surface area contributed by atoms with E-state index in [1.54, 1.807) is 43.4 Å². The van der Waals surface area contributed by atoms with E-state index in [0.717, 1.165) is 5.69 Å². The fraction of sp³-hybridized carbons (Fsp3) is 0.143. The van der Waals surface area contributed by atoms with E-state index >= 15 is 0 Å². The van der Waals surface area contributed by atoms with Gasteiger partial charge in [-0.1, -0.05) is 30.3 Å². The topological polar surface area (TPSA) is 39.1 Å². The van der Waals surface area contributed by atoms with Gasteiger partial charge in [0.15, 0.2) is 5.78 Å². The number of pyridine rings is 1. The molecular formula is C14H13NO2. The van der Waals surface area contributed by atoms with Crippen LogP contribution in [0.25, 0.3) is 0 Å². The number of nitrogens with zero attached hydrogens (tertiary/aromatic N) is 1. The number of hydrogen-bond acceptors (Lipinski definition) is 2. The molecule has 3 heteroatoms. The van der Waals surface area contributed by atoms with Gasteiger partial charge < -0.3 is 4.57 Å². The van der Waals surface area contributed by atoms with Crippen molar-refractivity contribution in [2.24, 2.45) is 7.05 Å². The molecule has 17 heavy (non-hydrogen) atoms. The third kappa shape index (κ3) is 2.04. The second-order valence-corrected chi connectivity index (χ2v) is 3.95. The van der Waals surface area contributed by atoms with Crippen molar-refractivity contribution in [3.05, 3.63) is 69.6 Å². The van der Waals surface area contributed by atoms with Crippen molar-refractivity contribution in [1.82, 2.24) is 4.57 Å². The SMILES string of the molecule is Cc1ccc(C(=O)c2ccccc2)c(=O)n1C. The summed E-state index contributed by atoms with van der Waals surface area (Å²) in [7, 11) is 1.67. The zero-order valence-electron chi connectivity index (χ0n) is 9.81. The number of hydrogen-bond donors (Lipinski definition) is 0. The van der Waals surface area contributed by atoms with Crippen LogP contribution in [0.2, 0.25) is 0 Å². The molecule has 1 aromatic heterocycles. The predicted octanol–water partition coefficient (Wildman–Crippen LogP) is 1.92. The number of aromatic nitrogens is 1. The number of aryl methyl sites for hydroxylation is 1. The Morgan fingerprint density at radius 3 is 2.35 bits per heavy atom. The third-order valence-corrected chi connectivity index (χ3v) is 2.84. The Hall–Kier alpha value is -2.16. The number of benzene rings is 1. The van der Waals surface area contributed by atoms with Gasteiger partial charge in [-0.05, 0) is 19.1 Å². The first-order chi connectivity index (χ1) is 8.11. The smallest absolute Gasteiger partial charge is 0.261 e. The molecule has 0 N–H and O–H groups in total. The first-order valence-corrected chi connectivity index (χ1v) is 5.37. The lowest BCUT2D eigenvalue weighted by atomic mass is 10.0. The highest BCUT2D eigenvalue weighted by molar-refractivity contribution is 6.08. The molecule has 0 aliphatic rings. The molecule has 0 aliphatic heterocycles. The van der Waals surface area contributed by atoms with Crippen LogP contribution in [0.4, 0.5) is 0 Å². The van der Waals surface area contributed by atoms with Crippen molar-refractivity contribution in [3.63, 3.8) is 0 Å². The molecule has 0 unspecified atom stereocenters. The van der Waals surface area contributed by atoms with Crippen LogP contribution < -0.4 is 5.56 Å². The maximum atomic E-state index is 12.1. The summed E-state index contributed by atoms with van der Waals surface area (Å²) in [5.41, 5.74) is 1.33. The summed E-state index contributed by atoms with van der Waals surface area (Å²) in [6.07, 6.45) is 0. The van der Waals surface area contributed by atoms with Gasteiger partial charge in [0, 0.05) is 18.3 Å².